The summed E-state index contributed by atoms with van der Waals surface area (Å²) in [6.45, 7) is 0.228. The molecule has 0 saturated heterocycles. The summed E-state index contributed by atoms with van der Waals surface area (Å²) >= 11 is 0. The fourth-order valence-corrected chi connectivity index (χ4v) is 4.65. The average Bonchev–Trinajstić information content (AvgIpc) is 3.20. The van der Waals surface area contributed by atoms with Crippen LogP contribution in [0.4, 0.5) is 20.3 Å². The van der Waals surface area contributed by atoms with E-state index in [1.807, 2.05) is 0 Å². The van der Waals surface area contributed by atoms with Gasteiger partial charge in [0.25, 0.3) is 10.0 Å². The van der Waals surface area contributed by atoms with Gasteiger partial charge in [0.2, 0.25) is 0 Å². The maximum Gasteiger partial charge on any atom is 0.262 e. The zero-order valence-electron chi connectivity index (χ0n) is 16.3. The number of aromatic nitrogens is 1. The fourth-order valence-electron chi connectivity index (χ4n) is 3.56. The van der Waals surface area contributed by atoms with Crippen LogP contribution in [0.25, 0.3) is 0 Å². The second kappa shape index (κ2) is 8.12. The van der Waals surface area contributed by atoms with Crippen LogP contribution >= 0.6 is 0 Å². The molecular formula is C21H19F2N3O4S. The number of methoxy groups -OCH3 is 1. The summed E-state index contributed by atoms with van der Waals surface area (Å²) in [5.41, 5.74) is -0.471. The maximum atomic E-state index is 15.2. The lowest BCUT2D eigenvalue weighted by molar-refractivity contribution is 0.143. The van der Waals surface area contributed by atoms with Gasteiger partial charge in [0.05, 0.1) is 29.4 Å². The zero-order valence-corrected chi connectivity index (χ0v) is 17.2. The number of fused-ring (bicyclic) bond motifs is 1. The molecule has 0 aliphatic carbocycles. The first kappa shape index (κ1) is 21.0. The van der Waals surface area contributed by atoms with Crippen molar-refractivity contribution in [1.82, 2.24) is 4.98 Å². The van der Waals surface area contributed by atoms with E-state index < -0.39 is 44.9 Å². The normalized spacial score (nSPS) is 16.3. The third kappa shape index (κ3) is 3.91. The largest absolute Gasteiger partial charge is 0.497 e. The van der Waals surface area contributed by atoms with Crippen LogP contribution < -0.4 is 14.8 Å². The highest BCUT2D eigenvalue weighted by Gasteiger charge is 2.34. The van der Waals surface area contributed by atoms with Crippen LogP contribution in [0.3, 0.4) is 0 Å². The zero-order chi connectivity index (χ0) is 22.2. The molecule has 0 spiro atoms. The second-order valence-corrected chi connectivity index (χ2v) is 8.66. The summed E-state index contributed by atoms with van der Waals surface area (Å²) in [5, 5.41) is 13.8. The molecule has 2 aromatic carbocycles. The Balaban J connectivity index is 1.68. The molecule has 0 radical (unpaired) electrons. The number of aliphatic hydroxyl groups is 1. The van der Waals surface area contributed by atoms with Gasteiger partial charge in [-0.2, -0.15) is 0 Å². The van der Waals surface area contributed by atoms with E-state index >= 15 is 4.39 Å². The van der Waals surface area contributed by atoms with Crippen LogP contribution in [0.5, 0.6) is 5.75 Å². The molecule has 0 saturated carbocycles. The Labute approximate surface area is 177 Å². The molecule has 1 aliphatic rings. The monoisotopic (exact) mass is 447 g/mol. The molecule has 0 fully saturated rings. The van der Waals surface area contributed by atoms with Gasteiger partial charge in [0.15, 0.2) is 5.82 Å². The topological polar surface area (TPSA) is 101 Å². The highest BCUT2D eigenvalue weighted by atomic mass is 32.2. The van der Waals surface area contributed by atoms with Crippen molar-refractivity contribution < 1.29 is 27.0 Å². The number of hydrogen-bond acceptors (Lipinski definition) is 6. The Morgan fingerprint density at radius 3 is 2.81 bits per heavy atom. The van der Waals surface area contributed by atoms with E-state index in [0.717, 1.165) is 12.1 Å². The molecule has 0 bridgehead atoms. The summed E-state index contributed by atoms with van der Waals surface area (Å²) in [5.74, 6) is -1.98. The van der Waals surface area contributed by atoms with Crippen LogP contribution in [0.15, 0.2) is 59.6 Å². The van der Waals surface area contributed by atoms with Gasteiger partial charge in [-0.15, -0.1) is 0 Å². The molecule has 1 aliphatic heterocycles. The summed E-state index contributed by atoms with van der Waals surface area (Å²) < 4.78 is 62.3. The number of anilines is 2. The van der Waals surface area contributed by atoms with Crippen molar-refractivity contribution in [2.24, 2.45) is 0 Å². The van der Waals surface area contributed by atoms with E-state index in [-0.39, 0.29) is 11.4 Å². The Bertz CT molecular complexity index is 1240. The molecule has 162 valence electrons. The third-order valence-electron chi connectivity index (χ3n) is 5.13. The predicted octanol–water partition coefficient (Wildman–Crippen LogP) is 3.41. The van der Waals surface area contributed by atoms with Crippen LogP contribution in [0, 0.1) is 11.6 Å². The molecule has 2 heterocycles. The first-order valence-electron chi connectivity index (χ1n) is 9.33. The maximum absolute atomic E-state index is 15.2. The number of hydrogen-bond donors (Lipinski definition) is 3. The van der Waals surface area contributed by atoms with E-state index in [2.05, 4.69) is 15.0 Å². The lowest BCUT2D eigenvalue weighted by Gasteiger charge is -2.21. The molecule has 0 amide bonds. The quantitative estimate of drug-likeness (QED) is 0.536. The second-order valence-electron chi connectivity index (χ2n) is 6.98. The van der Waals surface area contributed by atoms with E-state index in [1.165, 1.54) is 25.3 Å². The molecule has 10 heteroatoms. The van der Waals surface area contributed by atoms with Crippen LogP contribution in [0.1, 0.15) is 23.1 Å². The van der Waals surface area contributed by atoms with E-state index in [9.17, 15) is 17.9 Å². The number of sulfonamides is 1. The Morgan fingerprint density at radius 1 is 1.23 bits per heavy atom. The van der Waals surface area contributed by atoms with Gasteiger partial charge in [-0.05, 0) is 30.3 Å². The number of benzene rings is 2. The van der Waals surface area contributed by atoms with Crippen LogP contribution in [-0.2, 0) is 10.0 Å². The highest BCUT2D eigenvalue weighted by molar-refractivity contribution is 7.92. The molecule has 1 aromatic heterocycles. The summed E-state index contributed by atoms with van der Waals surface area (Å²) in [4.78, 5) is 3.98. The van der Waals surface area contributed by atoms with Crippen molar-refractivity contribution in [3.8, 4) is 5.75 Å². The summed E-state index contributed by atoms with van der Waals surface area (Å²) in [7, 11) is -2.80. The van der Waals surface area contributed by atoms with Crippen LogP contribution in [0.2, 0.25) is 0 Å². The number of ether oxygens (including phenoxy) is 1. The number of nitrogens with one attached hydrogen (secondary N) is 2. The Kier molecular flexibility index (Phi) is 5.50. The highest BCUT2D eigenvalue weighted by Crippen LogP contribution is 2.41. The lowest BCUT2D eigenvalue weighted by Crippen LogP contribution is -2.19. The standard InChI is InChI=1S/C21H19F2N3O4S/c1-30-12-4-2-5-13(10-12)31(28,29)26-17-8-7-16(22)18(19(17)23)20(27)15-11-25-21-14(15)6-3-9-24-21/h2-10,15,20,26-27H,11H2,1H3,(H,24,25). The van der Waals surface area contributed by atoms with E-state index in [0.29, 0.717) is 17.1 Å². The molecule has 2 atom stereocenters. The van der Waals surface area contributed by atoms with Gasteiger partial charge in [-0.25, -0.2) is 22.2 Å². The SMILES string of the molecule is COc1cccc(S(=O)(=O)Nc2ccc(F)c(C(O)C3CNc4ncccc43)c2F)c1. The van der Waals surface area contributed by atoms with Crippen molar-refractivity contribution in [2.75, 3.05) is 23.7 Å². The van der Waals surface area contributed by atoms with Crippen molar-refractivity contribution in [3.05, 3.63) is 77.5 Å². The molecular weight excluding hydrogens is 428 g/mol. The van der Waals surface area contributed by atoms with Crippen molar-refractivity contribution >= 4 is 21.5 Å². The number of halogens is 2. The molecule has 3 aromatic rings. The predicted molar refractivity (Wildman–Crippen MR) is 111 cm³/mol. The van der Waals surface area contributed by atoms with E-state index in [4.69, 9.17) is 4.74 Å². The summed E-state index contributed by atoms with van der Waals surface area (Å²) in [6, 6.07) is 10.9. The molecule has 2 unspecified atom stereocenters. The first-order valence-corrected chi connectivity index (χ1v) is 10.8. The fraction of sp³-hybridized carbons (Fsp3) is 0.190. The minimum atomic E-state index is -4.19. The Morgan fingerprint density at radius 2 is 2.03 bits per heavy atom. The first-order chi connectivity index (χ1) is 14.8. The molecule has 7 nitrogen and oxygen atoms in total. The van der Waals surface area contributed by atoms with Gasteiger partial charge in [-0.3, -0.25) is 4.72 Å². The number of nitrogens with zero attached hydrogens (tertiary/aromatic N) is 1. The smallest absolute Gasteiger partial charge is 0.262 e. The summed E-state index contributed by atoms with van der Waals surface area (Å²) in [6.07, 6.45) is 0.00894. The number of aliphatic hydroxyl groups excluding tert-OH is 1. The van der Waals surface area contributed by atoms with Crippen molar-refractivity contribution in [3.63, 3.8) is 0 Å². The lowest BCUT2D eigenvalue weighted by atomic mass is 9.91. The van der Waals surface area contributed by atoms with Gasteiger partial charge in [-0.1, -0.05) is 12.1 Å². The number of pyridine rings is 1. The van der Waals surface area contributed by atoms with Gasteiger partial charge >= 0.3 is 0 Å². The molecule has 4 rings (SSSR count). The minimum absolute atomic E-state index is 0.155. The van der Waals surface area contributed by atoms with Crippen LogP contribution in [-0.4, -0.2) is 32.2 Å². The van der Waals surface area contributed by atoms with Gasteiger partial charge in [0, 0.05) is 30.3 Å². The molecule has 31 heavy (non-hydrogen) atoms. The number of rotatable bonds is 6. The molecule has 3 N–H and O–H groups in total. The minimum Gasteiger partial charge on any atom is -0.497 e. The van der Waals surface area contributed by atoms with Gasteiger partial charge in [0.1, 0.15) is 17.4 Å². The van der Waals surface area contributed by atoms with Crippen molar-refractivity contribution in [2.45, 2.75) is 16.9 Å². The van der Waals surface area contributed by atoms with Crippen molar-refractivity contribution in [1.29, 1.82) is 0 Å². The third-order valence-corrected chi connectivity index (χ3v) is 6.49. The Hall–Kier alpha value is -3.24. The average molecular weight is 447 g/mol. The van der Waals surface area contributed by atoms with Gasteiger partial charge < -0.3 is 15.2 Å². The van der Waals surface area contributed by atoms with E-state index in [1.54, 1.807) is 24.4 Å².